The van der Waals surface area contributed by atoms with E-state index in [1.165, 1.54) is 24.4 Å². The number of aliphatic hydroxyl groups excluding tert-OH is 6. The van der Waals surface area contributed by atoms with Crippen LogP contribution in [0.15, 0.2) is 18.2 Å². The van der Waals surface area contributed by atoms with Crippen LogP contribution in [0.1, 0.15) is 44.6 Å². The van der Waals surface area contributed by atoms with Crippen molar-refractivity contribution in [2.45, 2.75) is 148 Å². The summed E-state index contributed by atoms with van der Waals surface area (Å²) in [6.07, 6.45) is -25.2. The van der Waals surface area contributed by atoms with E-state index >= 15 is 0 Å². The molecule has 12 N–H and O–H groups in total. The number of Topliss-reactive ketones (excluding diaryl/α,β-unsaturated/α-hetero) is 1. The Morgan fingerprint density at radius 1 is 0.430 bits per heavy atom. The number of fused-ring (bicyclic) bond motifs is 6. The van der Waals surface area contributed by atoms with E-state index in [0.29, 0.717) is 12.0 Å². The lowest BCUT2D eigenvalue weighted by Crippen LogP contribution is -2.67. The van der Waals surface area contributed by atoms with Crippen LogP contribution in [-0.2, 0) is 159 Å². The van der Waals surface area contributed by atoms with Gasteiger partial charge in [0.1, 0.15) is 79.2 Å². The summed E-state index contributed by atoms with van der Waals surface area (Å²) in [4.78, 5) is 119. The van der Waals surface area contributed by atoms with Crippen molar-refractivity contribution < 1.29 is 219 Å². The number of aryl methyl sites for hydroxylation is 1. The molecule has 16 atom stereocenters. The van der Waals surface area contributed by atoms with Crippen molar-refractivity contribution in [1.29, 1.82) is 0 Å². The van der Waals surface area contributed by atoms with Crippen LogP contribution in [0.25, 0.3) is 0 Å². The number of non-ortho nitro benzene ring substituents is 1. The molecule has 6 amide bonds. The molecular formula is C79H124F6N8O42. The van der Waals surface area contributed by atoms with E-state index in [4.69, 9.17) is 119 Å². The van der Waals surface area contributed by atoms with Crippen LogP contribution in [0.4, 0.5) is 37.7 Å². The number of carbonyl (C=O) groups is 7. The Kier molecular flexibility index (Phi) is 51.7. The molecule has 1 aromatic rings. The van der Waals surface area contributed by atoms with Gasteiger partial charge < -0.3 is 171 Å². The number of ketones is 1. The van der Waals surface area contributed by atoms with Crippen LogP contribution < -0.4 is 31.9 Å². The first-order chi connectivity index (χ1) is 64.6. The fraction of sp³-hybridized carbons (Fsp3) is 0.835. The quantitative estimate of drug-likeness (QED) is 0.00958. The Balaban J connectivity index is 0.809. The number of alkyl halides is 6. The number of rotatable bonds is 76. The number of halogens is 6. The molecule has 56 heteroatoms. The SMILES string of the molecule is CC(=O)N[C@H]1[C@H]2OC[C@](COCCOCCOCCOCCNC(=O)CCOCC(COCCC(=O)NCCOCCOCCOCCOC[C@@]34CO[C@@H](O3)[C@H](NC(=O)C(F)(F)F)[C@@H](O)[C@H]4O)(COCCC(=O)NCCOCCOCCOCCOC[C@@]34OO[C@@H](O3)[C@H](NC(=O)C(F)(F)F)[C@@H](O)[C@H]4O)CC(=O)COCCOCCOCCCc3ccc([N+](=O)[O-])cc3[N+](=O)[O-])(O2)[C@H](O)[C@@H]1O. The van der Waals surface area contributed by atoms with E-state index in [2.05, 4.69) is 21.3 Å². The number of nitrogens with one attached hydrogen (secondary N) is 6. The lowest BCUT2D eigenvalue weighted by Gasteiger charge is -2.42. The molecule has 0 radical (unpaired) electrons. The van der Waals surface area contributed by atoms with Crippen LogP contribution in [-0.4, -0.2) is 455 Å². The number of benzene rings is 1. The molecule has 6 fully saturated rings. The minimum atomic E-state index is -5.29. The van der Waals surface area contributed by atoms with Crippen LogP contribution in [0, 0.1) is 25.6 Å². The van der Waals surface area contributed by atoms with Gasteiger partial charge in [0.25, 0.3) is 17.2 Å². The van der Waals surface area contributed by atoms with Gasteiger partial charge in [-0.1, -0.05) is 0 Å². The maximum atomic E-state index is 14.0. The monoisotopic (exact) mass is 1970 g/mol. The highest BCUT2D eigenvalue weighted by atomic mass is 19.4. The summed E-state index contributed by atoms with van der Waals surface area (Å²) < 4.78 is 206. The Labute approximate surface area is 769 Å². The smallest absolute Gasteiger partial charge is 0.388 e. The number of hydrogen-bond donors (Lipinski definition) is 12. The molecule has 7 rings (SSSR count). The van der Waals surface area contributed by atoms with Crippen LogP contribution in [0.5, 0.6) is 0 Å². The summed E-state index contributed by atoms with van der Waals surface area (Å²) in [5, 5.41) is 100.0. The van der Waals surface area contributed by atoms with Crippen molar-refractivity contribution in [3.8, 4) is 0 Å². The van der Waals surface area contributed by atoms with Gasteiger partial charge in [0.05, 0.1) is 247 Å². The van der Waals surface area contributed by atoms with E-state index in [1.54, 1.807) is 5.32 Å². The molecule has 0 saturated carbocycles. The van der Waals surface area contributed by atoms with Crippen molar-refractivity contribution in [2.75, 3.05) is 271 Å². The highest BCUT2D eigenvalue weighted by Crippen LogP contribution is 2.41. The lowest BCUT2D eigenvalue weighted by atomic mass is 9.85. The number of ether oxygens (including phenoxy) is 23. The maximum absolute atomic E-state index is 14.0. The number of nitrogens with zero attached hydrogens (tertiary/aromatic N) is 2. The van der Waals surface area contributed by atoms with E-state index in [0.717, 1.165) is 6.07 Å². The van der Waals surface area contributed by atoms with Crippen LogP contribution in [0.3, 0.4) is 0 Å². The zero-order chi connectivity index (χ0) is 98.1. The lowest BCUT2D eigenvalue weighted by molar-refractivity contribution is -0.394. The Morgan fingerprint density at radius 3 is 1.17 bits per heavy atom. The maximum Gasteiger partial charge on any atom is 0.471 e. The van der Waals surface area contributed by atoms with Gasteiger partial charge in [0, 0.05) is 75.9 Å². The van der Waals surface area contributed by atoms with E-state index in [9.17, 15) is 111 Å². The molecule has 0 spiro atoms. The summed E-state index contributed by atoms with van der Waals surface area (Å²) in [6.45, 7) is 1.39. The molecule has 0 aromatic heterocycles. The van der Waals surface area contributed by atoms with Crippen molar-refractivity contribution >= 4 is 52.6 Å². The summed E-state index contributed by atoms with van der Waals surface area (Å²) in [5.41, 5.74) is -4.74. The second kappa shape index (κ2) is 60.8. The molecule has 135 heavy (non-hydrogen) atoms. The van der Waals surface area contributed by atoms with Crippen LogP contribution in [0.2, 0.25) is 0 Å². The molecule has 0 aliphatic carbocycles. The van der Waals surface area contributed by atoms with Crippen molar-refractivity contribution in [2.24, 2.45) is 5.41 Å². The minimum Gasteiger partial charge on any atom is -0.388 e. The average Bonchev–Trinajstić information content (AvgIpc) is 1.62. The Hall–Kier alpha value is -7.15. The topological polar surface area (TPSA) is 630 Å². The largest absolute Gasteiger partial charge is 0.471 e. The van der Waals surface area contributed by atoms with Gasteiger partial charge in [-0.15, -0.1) is 0 Å². The van der Waals surface area contributed by atoms with Gasteiger partial charge in [-0.2, -0.15) is 36.1 Å². The summed E-state index contributed by atoms with van der Waals surface area (Å²) in [6, 6.07) is -1.05. The first-order valence-electron chi connectivity index (χ1n) is 43.5. The van der Waals surface area contributed by atoms with E-state index in [1.807, 2.05) is 0 Å². The zero-order valence-corrected chi connectivity index (χ0v) is 74.4. The third-order valence-electron chi connectivity index (χ3n) is 20.7. The second-order valence-electron chi connectivity index (χ2n) is 31.3. The predicted molar refractivity (Wildman–Crippen MR) is 434 cm³/mol. The van der Waals surface area contributed by atoms with Gasteiger partial charge in [-0.3, -0.25) is 53.8 Å². The Morgan fingerprint density at radius 2 is 0.785 bits per heavy atom. The number of hydrogen-bond acceptors (Lipinski definition) is 42. The first kappa shape index (κ1) is 115. The molecular weight excluding hydrogens is 1850 g/mol. The Bertz CT molecular complexity index is 3570. The molecule has 1 unspecified atom stereocenters. The van der Waals surface area contributed by atoms with E-state index in [-0.39, 0.29) is 295 Å². The van der Waals surface area contributed by atoms with Crippen molar-refractivity contribution in [3.05, 3.63) is 44.0 Å². The number of carbonyl (C=O) groups excluding carboxylic acids is 7. The van der Waals surface area contributed by atoms with Gasteiger partial charge in [0.15, 0.2) is 18.4 Å². The third-order valence-corrected chi connectivity index (χ3v) is 20.7. The zero-order valence-electron chi connectivity index (χ0n) is 74.4. The summed E-state index contributed by atoms with van der Waals surface area (Å²) >= 11 is 0. The fourth-order valence-electron chi connectivity index (χ4n) is 13.8. The molecule has 6 bridgehead atoms. The molecule has 50 nitrogen and oxygen atoms in total. The highest BCUT2D eigenvalue weighted by Gasteiger charge is 2.64. The number of amides is 6. The summed E-state index contributed by atoms with van der Waals surface area (Å²) in [7, 11) is 0. The molecule has 774 valence electrons. The number of nitro groups is 2. The predicted octanol–water partition coefficient (Wildman–Crippen LogP) is -4.77. The van der Waals surface area contributed by atoms with Gasteiger partial charge in [0.2, 0.25) is 29.9 Å². The van der Waals surface area contributed by atoms with Gasteiger partial charge in [-0.25, -0.2) is 0 Å². The second-order valence-corrected chi connectivity index (χ2v) is 31.3. The fourth-order valence-corrected chi connectivity index (χ4v) is 13.8. The van der Waals surface area contributed by atoms with Crippen LogP contribution >= 0.6 is 0 Å². The molecule has 6 saturated heterocycles. The van der Waals surface area contributed by atoms with Gasteiger partial charge in [-0.05, 0) is 18.9 Å². The van der Waals surface area contributed by atoms with Crippen molar-refractivity contribution in [3.63, 3.8) is 0 Å². The van der Waals surface area contributed by atoms with Gasteiger partial charge >= 0.3 is 24.2 Å². The molecule has 6 heterocycles. The standard InChI is InChI=1S/C79H124F6N8O42/c1-52(94)89-60-63(99)66(102)75(49-129-69(60)131-75)47-126-38-34-119-30-27-115-24-20-112-16-9-86-57(96)6-13-123-44-74(42-55(95)43-122-37-33-118-23-19-111-12-2-3-53-4-5-54(92(107)108)41-56(53)93(109)110,45-124-14-7-58(97)87-10-17-113-21-25-116-28-31-120-35-39-127-48-76-50-130-70(132-76)61(64(100)67(76)103)90-72(105)78(80,81)82)46-125-15-8-59(98)88-11-18-114-22-26-117-29-32-121-36-40-128-51-77-68(104)65(101)62(71(133-77)134-135-77)91-73(106)79(83,84)85/h4-5,41,60-71,99-104H,2-3,6-40,42-51H2,1H3,(H,86,96)(H,87,97)(H,88,98)(H,89,94)(H,90,105)(H,91,106)/t60-,61-,62-,63-,64-,65-,66-,67-,68-,69+,70+,71-,74?,75+,76+,77+/m1/s1. The summed E-state index contributed by atoms with van der Waals surface area (Å²) in [5.74, 6) is -8.98. The molecule has 6 aliphatic rings. The highest BCUT2D eigenvalue weighted by molar-refractivity contribution is 5.83. The third kappa shape index (κ3) is 40.2. The number of aliphatic hydroxyl groups is 6. The normalized spacial score (nSPS) is 25.1. The molecule has 6 aliphatic heterocycles. The average molecular weight is 1970 g/mol. The minimum absolute atomic E-state index is 0.000537. The number of nitro benzene ring substituents is 2. The van der Waals surface area contributed by atoms with E-state index < -0.39 is 178 Å². The first-order valence-corrected chi connectivity index (χ1v) is 43.5. The molecule has 1 aromatic carbocycles. The van der Waals surface area contributed by atoms with Crippen molar-refractivity contribution in [1.82, 2.24) is 31.9 Å².